The van der Waals surface area contributed by atoms with Crippen LogP contribution in [0, 0.1) is 17.0 Å². The lowest BCUT2D eigenvalue weighted by Crippen LogP contribution is -2.21. The molecule has 29 heavy (non-hydrogen) atoms. The molecule has 0 radical (unpaired) electrons. The fourth-order valence-electron chi connectivity index (χ4n) is 2.24. The quantitative estimate of drug-likeness (QED) is 0.349. The summed E-state index contributed by atoms with van der Waals surface area (Å²) < 4.78 is 5.77. The van der Waals surface area contributed by atoms with E-state index in [1.165, 1.54) is 24.3 Å². The minimum Gasteiger partial charge on any atom is -0.456 e. The lowest BCUT2D eigenvalue weighted by molar-refractivity contribution is -0.384. The molecule has 10 heteroatoms. The van der Waals surface area contributed by atoms with Gasteiger partial charge in [0.25, 0.3) is 11.6 Å². The van der Waals surface area contributed by atoms with Crippen molar-refractivity contribution >= 4 is 50.8 Å². The molecule has 0 aliphatic carbocycles. The maximum atomic E-state index is 11.8. The highest BCUT2D eigenvalue weighted by Gasteiger charge is 2.12. The maximum Gasteiger partial charge on any atom is 0.306 e. The van der Waals surface area contributed by atoms with Gasteiger partial charge in [-0.05, 0) is 42.8 Å². The number of nitrogens with one attached hydrogen (secondary N) is 2. The van der Waals surface area contributed by atoms with Crippen LogP contribution in [0.15, 0.2) is 46.9 Å². The monoisotopic (exact) mass is 463 g/mol. The molecule has 0 saturated carbocycles. The summed E-state index contributed by atoms with van der Waals surface area (Å²) in [6.07, 6.45) is -0.354. The topological polar surface area (TPSA) is 128 Å². The van der Waals surface area contributed by atoms with Gasteiger partial charge in [0, 0.05) is 34.4 Å². The van der Waals surface area contributed by atoms with Crippen LogP contribution in [0.1, 0.15) is 18.4 Å². The van der Waals surface area contributed by atoms with Crippen LogP contribution < -0.4 is 10.6 Å². The number of nitro benzene ring substituents is 1. The number of nitro groups is 1. The molecule has 0 heterocycles. The standard InChI is InChI=1S/C19H18BrN3O6/c1-12-10-14(4-7-16(12)20)22-18(25)11-29-19(26)9-8-17(24)21-13-2-5-15(6-3-13)23(27)28/h2-7,10H,8-9,11H2,1H3,(H,21,24)(H,22,25). The van der Waals surface area contributed by atoms with Crippen LogP contribution >= 0.6 is 15.9 Å². The van der Waals surface area contributed by atoms with Gasteiger partial charge in [-0.1, -0.05) is 15.9 Å². The predicted molar refractivity (Wildman–Crippen MR) is 109 cm³/mol. The van der Waals surface area contributed by atoms with Crippen molar-refractivity contribution < 1.29 is 24.0 Å². The number of benzene rings is 2. The molecule has 0 aromatic heterocycles. The summed E-state index contributed by atoms with van der Waals surface area (Å²) in [6, 6.07) is 10.6. The Labute approximate surface area is 174 Å². The zero-order chi connectivity index (χ0) is 21.4. The highest BCUT2D eigenvalue weighted by molar-refractivity contribution is 9.10. The molecule has 0 aliphatic rings. The van der Waals surface area contributed by atoms with Gasteiger partial charge in [-0.2, -0.15) is 0 Å². The predicted octanol–water partition coefficient (Wildman–Crippen LogP) is 3.57. The highest BCUT2D eigenvalue weighted by Crippen LogP contribution is 2.20. The van der Waals surface area contributed by atoms with Gasteiger partial charge in [-0.15, -0.1) is 0 Å². The van der Waals surface area contributed by atoms with E-state index in [0.29, 0.717) is 11.4 Å². The Kier molecular flexibility index (Phi) is 7.84. The SMILES string of the molecule is Cc1cc(NC(=O)COC(=O)CCC(=O)Nc2ccc([N+](=O)[O-])cc2)ccc1Br. The van der Waals surface area contributed by atoms with Crippen molar-refractivity contribution in [2.45, 2.75) is 19.8 Å². The first-order valence-electron chi connectivity index (χ1n) is 8.50. The third-order valence-electron chi connectivity index (χ3n) is 3.72. The van der Waals surface area contributed by atoms with E-state index in [1.807, 2.05) is 6.92 Å². The van der Waals surface area contributed by atoms with Crippen LogP contribution in [0.3, 0.4) is 0 Å². The summed E-state index contributed by atoms with van der Waals surface area (Å²) >= 11 is 3.36. The molecule has 0 spiro atoms. The van der Waals surface area contributed by atoms with E-state index in [4.69, 9.17) is 4.74 Å². The van der Waals surface area contributed by atoms with Crippen LogP contribution in [0.5, 0.6) is 0 Å². The van der Waals surface area contributed by atoms with Gasteiger partial charge in [0.05, 0.1) is 11.3 Å². The number of hydrogen-bond acceptors (Lipinski definition) is 6. The molecule has 2 aromatic rings. The van der Waals surface area contributed by atoms with Gasteiger partial charge in [0.2, 0.25) is 5.91 Å². The second-order valence-electron chi connectivity index (χ2n) is 6.02. The van der Waals surface area contributed by atoms with Gasteiger partial charge in [0.15, 0.2) is 6.61 Å². The normalized spacial score (nSPS) is 10.1. The van der Waals surface area contributed by atoms with Crippen LogP contribution in [0.4, 0.5) is 17.1 Å². The van der Waals surface area contributed by atoms with Gasteiger partial charge in [-0.25, -0.2) is 0 Å². The summed E-state index contributed by atoms with van der Waals surface area (Å²) in [4.78, 5) is 45.4. The number of nitrogens with zero attached hydrogens (tertiary/aromatic N) is 1. The van der Waals surface area contributed by atoms with Crippen LogP contribution in [-0.4, -0.2) is 29.3 Å². The number of halogens is 1. The van der Waals surface area contributed by atoms with Gasteiger partial charge >= 0.3 is 5.97 Å². The highest BCUT2D eigenvalue weighted by atomic mass is 79.9. The lowest BCUT2D eigenvalue weighted by atomic mass is 10.2. The lowest BCUT2D eigenvalue weighted by Gasteiger charge is -2.08. The Morgan fingerprint density at radius 2 is 1.62 bits per heavy atom. The van der Waals surface area contributed by atoms with Gasteiger partial charge in [-0.3, -0.25) is 24.5 Å². The Morgan fingerprint density at radius 1 is 1.00 bits per heavy atom. The largest absolute Gasteiger partial charge is 0.456 e. The number of ether oxygens (including phenoxy) is 1. The molecular weight excluding hydrogens is 446 g/mol. The first kappa shape index (κ1) is 22.0. The number of non-ortho nitro benzene ring substituents is 1. The van der Waals surface area contributed by atoms with Crippen LogP contribution in [-0.2, 0) is 19.1 Å². The third-order valence-corrected chi connectivity index (χ3v) is 4.61. The number of anilines is 2. The van der Waals surface area contributed by atoms with Crippen molar-refractivity contribution in [1.29, 1.82) is 0 Å². The molecule has 2 rings (SSSR count). The Balaban J connectivity index is 1.70. The van der Waals surface area contributed by atoms with E-state index < -0.39 is 29.3 Å². The molecule has 152 valence electrons. The number of carbonyl (C=O) groups excluding carboxylic acids is 3. The number of carbonyl (C=O) groups is 3. The molecule has 0 unspecified atom stereocenters. The molecule has 0 fully saturated rings. The summed E-state index contributed by atoms with van der Waals surface area (Å²) in [7, 11) is 0. The zero-order valence-corrected chi connectivity index (χ0v) is 17.0. The first-order chi connectivity index (χ1) is 13.7. The molecule has 0 aliphatic heterocycles. The Bertz CT molecular complexity index is 930. The first-order valence-corrected chi connectivity index (χ1v) is 9.30. The number of aryl methyl sites for hydroxylation is 1. The second kappa shape index (κ2) is 10.3. The molecule has 2 aromatic carbocycles. The molecular formula is C19H18BrN3O6. The van der Waals surface area contributed by atoms with E-state index in [9.17, 15) is 24.5 Å². The fraction of sp³-hybridized carbons (Fsp3) is 0.211. The van der Waals surface area contributed by atoms with E-state index in [2.05, 4.69) is 26.6 Å². The summed E-state index contributed by atoms with van der Waals surface area (Å²) in [5.74, 6) is -1.63. The van der Waals surface area contributed by atoms with Crippen molar-refractivity contribution in [2.24, 2.45) is 0 Å². The minimum atomic E-state index is -0.689. The average molecular weight is 464 g/mol. The molecule has 2 amide bonds. The minimum absolute atomic E-state index is 0.0943. The second-order valence-corrected chi connectivity index (χ2v) is 6.88. The van der Waals surface area contributed by atoms with Crippen molar-refractivity contribution in [2.75, 3.05) is 17.2 Å². The van der Waals surface area contributed by atoms with Crippen molar-refractivity contribution in [1.82, 2.24) is 0 Å². The van der Waals surface area contributed by atoms with Crippen molar-refractivity contribution in [3.8, 4) is 0 Å². The zero-order valence-electron chi connectivity index (χ0n) is 15.4. The summed E-state index contributed by atoms with van der Waals surface area (Å²) in [6.45, 7) is 1.42. The number of rotatable bonds is 8. The maximum absolute atomic E-state index is 11.8. The number of hydrogen-bond donors (Lipinski definition) is 2. The van der Waals surface area contributed by atoms with Crippen LogP contribution in [0.25, 0.3) is 0 Å². The molecule has 0 saturated heterocycles. The third kappa shape index (κ3) is 7.34. The number of esters is 1. The average Bonchev–Trinajstić information content (AvgIpc) is 2.68. The van der Waals surface area contributed by atoms with Crippen molar-refractivity contribution in [3.05, 3.63) is 62.6 Å². The van der Waals surface area contributed by atoms with E-state index >= 15 is 0 Å². The molecule has 9 nitrogen and oxygen atoms in total. The van der Waals surface area contributed by atoms with Gasteiger partial charge < -0.3 is 15.4 Å². The summed E-state index contributed by atoms with van der Waals surface area (Å²) in [5.41, 5.74) is 1.80. The molecule has 0 bridgehead atoms. The van der Waals surface area contributed by atoms with E-state index in [-0.39, 0.29) is 18.5 Å². The van der Waals surface area contributed by atoms with Crippen LogP contribution in [0.2, 0.25) is 0 Å². The molecule has 2 N–H and O–H groups in total. The fourth-order valence-corrected chi connectivity index (χ4v) is 2.49. The smallest absolute Gasteiger partial charge is 0.306 e. The Hall–Kier alpha value is -3.27. The summed E-state index contributed by atoms with van der Waals surface area (Å²) in [5, 5.41) is 15.7. The van der Waals surface area contributed by atoms with E-state index in [0.717, 1.165) is 10.0 Å². The van der Waals surface area contributed by atoms with Crippen molar-refractivity contribution in [3.63, 3.8) is 0 Å². The van der Waals surface area contributed by atoms with Gasteiger partial charge in [0.1, 0.15) is 0 Å². The molecule has 0 atom stereocenters. The van der Waals surface area contributed by atoms with E-state index in [1.54, 1.807) is 18.2 Å². The Morgan fingerprint density at radius 3 is 2.24 bits per heavy atom. The number of amides is 2.